The van der Waals surface area contributed by atoms with Gasteiger partial charge in [0.05, 0.1) is 30.3 Å². The number of halogens is 1. The highest BCUT2D eigenvalue weighted by atomic mass is 127. The summed E-state index contributed by atoms with van der Waals surface area (Å²) < 4.78 is 9.31. The van der Waals surface area contributed by atoms with Crippen LogP contribution in [0.3, 0.4) is 0 Å². The number of benzene rings is 1. The molecule has 112 valence electrons. The molecule has 2 aliphatic heterocycles. The van der Waals surface area contributed by atoms with Gasteiger partial charge in [0.1, 0.15) is 0 Å². The van der Waals surface area contributed by atoms with Crippen LogP contribution in [0, 0.1) is 3.57 Å². The largest absolute Gasteiger partial charge is 0.373 e. The van der Waals surface area contributed by atoms with Gasteiger partial charge in [0.25, 0.3) is 0 Å². The smallest absolute Gasteiger partial charge is 0.201 e. The highest BCUT2D eigenvalue weighted by molar-refractivity contribution is 14.1. The summed E-state index contributed by atoms with van der Waals surface area (Å²) >= 11 is 2.30. The number of hydrogen-bond donors (Lipinski definition) is 1. The SMILES string of the molecule is Nc1nc2cc(I)ccc2n1CC1CN2CCCC2CO1. The van der Waals surface area contributed by atoms with Gasteiger partial charge < -0.3 is 15.0 Å². The van der Waals surface area contributed by atoms with E-state index < -0.39 is 0 Å². The number of morpholine rings is 1. The third-order valence-corrected chi connectivity index (χ3v) is 5.26. The molecule has 5 nitrogen and oxygen atoms in total. The number of fused-ring (bicyclic) bond motifs is 2. The van der Waals surface area contributed by atoms with E-state index in [-0.39, 0.29) is 6.10 Å². The molecule has 2 fully saturated rings. The van der Waals surface area contributed by atoms with Gasteiger partial charge in [0, 0.05) is 16.2 Å². The van der Waals surface area contributed by atoms with Crippen molar-refractivity contribution in [2.75, 3.05) is 25.4 Å². The van der Waals surface area contributed by atoms with Crippen LogP contribution in [0.1, 0.15) is 12.8 Å². The van der Waals surface area contributed by atoms with Crippen LogP contribution in [0.4, 0.5) is 5.95 Å². The lowest BCUT2D eigenvalue weighted by atomic mass is 10.2. The number of nitrogens with two attached hydrogens (primary N) is 1. The third-order valence-electron chi connectivity index (χ3n) is 4.59. The van der Waals surface area contributed by atoms with Crippen LogP contribution >= 0.6 is 22.6 Å². The van der Waals surface area contributed by atoms with Crippen molar-refractivity contribution in [1.29, 1.82) is 0 Å². The lowest BCUT2D eigenvalue weighted by Crippen LogP contribution is -2.47. The molecule has 2 unspecified atom stereocenters. The van der Waals surface area contributed by atoms with Crippen molar-refractivity contribution in [3.63, 3.8) is 0 Å². The van der Waals surface area contributed by atoms with E-state index in [1.807, 2.05) is 0 Å². The normalized spacial score (nSPS) is 26.3. The molecule has 0 aliphatic carbocycles. The van der Waals surface area contributed by atoms with Crippen molar-refractivity contribution < 1.29 is 4.74 Å². The number of nitrogens with zero attached hydrogens (tertiary/aromatic N) is 3. The highest BCUT2D eigenvalue weighted by Crippen LogP contribution is 2.25. The molecule has 1 aromatic carbocycles. The summed E-state index contributed by atoms with van der Waals surface area (Å²) in [5.74, 6) is 0.583. The summed E-state index contributed by atoms with van der Waals surface area (Å²) in [6.07, 6.45) is 2.79. The monoisotopic (exact) mass is 398 g/mol. The van der Waals surface area contributed by atoms with Crippen molar-refractivity contribution in [2.24, 2.45) is 0 Å². The number of imidazole rings is 1. The number of aromatic nitrogens is 2. The first-order valence-corrected chi connectivity index (χ1v) is 8.55. The van der Waals surface area contributed by atoms with Crippen molar-refractivity contribution in [3.8, 4) is 0 Å². The van der Waals surface area contributed by atoms with Crippen LogP contribution in [-0.4, -0.2) is 46.3 Å². The molecule has 0 spiro atoms. The number of nitrogen functional groups attached to an aromatic ring is 1. The summed E-state index contributed by atoms with van der Waals surface area (Å²) in [5.41, 5.74) is 8.17. The van der Waals surface area contributed by atoms with Gasteiger partial charge >= 0.3 is 0 Å². The van der Waals surface area contributed by atoms with Crippen molar-refractivity contribution in [1.82, 2.24) is 14.5 Å². The fourth-order valence-electron chi connectivity index (χ4n) is 3.51. The van der Waals surface area contributed by atoms with Crippen LogP contribution in [0.15, 0.2) is 18.2 Å². The van der Waals surface area contributed by atoms with E-state index in [1.165, 1.54) is 23.0 Å². The van der Waals surface area contributed by atoms with E-state index in [2.05, 4.69) is 55.2 Å². The summed E-state index contributed by atoms with van der Waals surface area (Å²) in [6.45, 7) is 3.86. The maximum absolute atomic E-state index is 6.11. The Kier molecular flexibility index (Phi) is 3.55. The van der Waals surface area contributed by atoms with Crippen LogP contribution < -0.4 is 5.73 Å². The summed E-state index contributed by atoms with van der Waals surface area (Å²) in [7, 11) is 0. The zero-order valence-electron chi connectivity index (χ0n) is 11.8. The zero-order chi connectivity index (χ0) is 14.4. The van der Waals surface area contributed by atoms with Crippen LogP contribution in [-0.2, 0) is 11.3 Å². The van der Waals surface area contributed by atoms with Crippen molar-refractivity contribution >= 4 is 39.6 Å². The van der Waals surface area contributed by atoms with Gasteiger partial charge in [0.2, 0.25) is 5.95 Å². The molecule has 0 bridgehead atoms. The predicted molar refractivity (Wildman–Crippen MR) is 91.2 cm³/mol. The van der Waals surface area contributed by atoms with Crippen molar-refractivity contribution in [3.05, 3.63) is 21.8 Å². The van der Waals surface area contributed by atoms with Gasteiger partial charge in [-0.2, -0.15) is 0 Å². The number of ether oxygens (including phenoxy) is 1. The molecule has 2 saturated heterocycles. The molecule has 2 N–H and O–H groups in total. The molecule has 4 rings (SSSR count). The van der Waals surface area contributed by atoms with E-state index in [9.17, 15) is 0 Å². The van der Waals surface area contributed by atoms with Gasteiger partial charge in [0.15, 0.2) is 0 Å². The molecular formula is C15H19IN4O. The standard InChI is InChI=1S/C15H19IN4O/c16-10-3-4-14-13(6-10)18-15(17)20(14)8-12-7-19-5-1-2-11(19)9-21-12/h3-4,6,11-12H,1-2,5,7-9H2,(H2,17,18). The lowest BCUT2D eigenvalue weighted by molar-refractivity contribution is -0.0545. The van der Waals surface area contributed by atoms with Gasteiger partial charge in [-0.25, -0.2) is 4.98 Å². The topological polar surface area (TPSA) is 56.3 Å². The molecule has 2 atom stereocenters. The second-order valence-corrected chi connectivity index (χ2v) is 7.21. The molecule has 3 heterocycles. The average molecular weight is 398 g/mol. The molecule has 0 amide bonds. The summed E-state index contributed by atoms with van der Waals surface area (Å²) in [6, 6.07) is 6.90. The average Bonchev–Trinajstić information content (AvgIpc) is 3.03. The van der Waals surface area contributed by atoms with Crippen molar-refractivity contribution in [2.45, 2.75) is 31.5 Å². The van der Waals surface area contributed by atoms with E-state index in [1.54, 1.807) is 0 Å². The first kappa shape index (κ1) is 13.8. The Bertz CT molecular complexity index is 671. The maximum atomic E-state index is 6.11. The maximum Gasteiger partial charge on any atom is 0.201 e. The quantitative estimate of drug-likeness (QED) is 0.788. The molecule has 21 heavy (non-hydrogen) atoms. The van der Waals surface area contributed by atoms with E-state index in [4.69, 9.17) is 10.5 Å². The molecule has 1 aromatic heterocycles. The van der Waals surface area contributed by atoms with Gasteiger partial charge in [-0.05, 0) is 60.2 Å². The van der Waals surface area contributed by atoms with Gasteiger partial charge in [-0.1, -0.05) is 0 Å². The van der Waals surface area contributed by atoms with Crippen LogP contribution in [0.25, 0.3) is 11.0 Å². The van der Waals surface area contributed by atoms with E-state index in [0.717, 1.165) is 30.7 Å². The Labute approximate surface area is 137 Å². The van der Waals surface area contributed by atoms with Crippen LogP contribution in [0.2, 0.25) is 0 Å². The lowest BCUT2D eigenvalue weighted by Gasteiger charge is -2.35. The Hall–Kier alpha value is -0.860. The minimum atomic E-state index is 0.207. The minimum Gasteiger partial charge on any atom is -0.373 e. The first-order valence-electron chi connectivity index (χ1n) is 7.47. The Balaban J connectivity index is 1.58. The fraction of sp³-hybridized carbons (Fsp3) is 0.533. The first-order chi connectivity index (χ1) is 10.2. The molecule has 2 aliphatic rings. The number of anilines is 1. The molecule has 2 aromatic rings. The molecule has 0 saturated carbocycles. The second-order valence-electron chi connectivity index (χ2n) is 5.96. The summed E-state index contributed by atoms with van der Waals surface area (Å²) in [4.78, 5) is 7.03. The second kappa shape index (κ2) is 5.40. The molecule has 6 heteroatoms. The Morgan fingerprint density at radius 2 is 2.33 bits per heavy atom. The molecule has 0 radical (unpaired) electrons. The predicted octanol–water partition coefficient (Wildman–Crippen LogP) is 2.09. The summed E-state index contributed by atoms with van der Waals surface area (Å²) in [5, 5.41) is 0. The minimum absolute atomic E-state index is 0.207. The van der Waals surface area contributed by atoms with E-state index >= 15 is 0 Å². The Morgan fingerprint density at radius 1 is 1.43 bits per heavy atom. The fourth-order valence-corrected chi connectivity index (χ4v) is 3.99. The Morgan fingerprint density at radius 3 is 3.24 bits per heavy atom. The number of hydrogen-bond acceptors (Lipinski definition) is 4. The number of rotatable bonds is 2. The van der Waals surface area contributed by atoms with Crippen LogP contribution in [0.5, 0.6) is 0 Å². The van der Waals surface area contributed by atoms with Gasteiger partial charge in [-0.15, -0.1) is 0 Å². The van der Waals surface area contributed by atoms with Gasteiger partial charge in [-0.3, -0.25) is 4.90 Å². The highest BCUT2D eigenvalue weighted by Gasteiger charge is 2.32. The third kappa shape index (κ3) is 2.53. The van der Waals surface area contributed by atoms with E-state index in [0.29, 0.717) is 12.0 Å². The molecular weight excluding hydrogens is 379 g/mol. The zero-order valence-corrected chi connectivity index (χ0v) is 14.0.